The van der Waals surface area contributed by atoms with E-state index in [-0.39, 0.29) is 52.5 Å². The van der Waals surface area contributed by atoms with Crippen LogP contribution in [0.1, 0.15) is 26.7 Å². The van der Waals surface area contributed by atoms with E-state index >= 15 is 0 Å². The van der Waals surface area contributed by atoms with Crippen molar-refractivity contribution in [3.63, 3.8) is 0 Å². The highest BCUT2D eigenvalue weighted by Gasteiger charge is 2.11. The molecule has 0 bridgehead atoms. The van der Waals surface area contributed by atoms with Crippen molar-refractivity contribution in [2.45, 2.75) is 39.3 Å². The first-order valence-electron chi connectivity index (χ1n) is 10.6. The van der Waals surface area contributed by atoms with Gasteiger partial charge in [-0.3, -0.25) is 9.59 Å². The van der Waals surface area contributed by atoms with Crippen molar-refractivity contribution >= 4 is 23.9 Å². The smallest absolute Gasteiger partial charge is 0.330 e. The van der Waals surface area contributed by atoms with Gasteiger partial charge >= 0.3 is 23.9 Å². The van der Waals surface area contributed by atoms with Crippen LogP contribution in [0.25, 0.3) is 0 Å². The number of esters is 4. The van der Waals surface area contributed by atoms with Crippen LogP contribution < -0.4 is 0 Å². The van der Waals surface area contributed by atoms with E-state index in [1.165, 1.54) is 0 Å². The van der Waals surface area contributed by atoms with E-state index < -0.39 is 36.5 Å². The van der Waals surface area contributed by atoms with Crippen molar-refractivity contribution in [2.75, 3.05) is 52.9 Å². The summed E-state index contributed by atoms with van der Waals surface area (Å²) in [4.78, 5) is 44.8. The van der Waals surface area contributed by atoms with Crippen molar-refractivity contribution in [3.8, 4) is 0 Å². The zero-order valence-corrected chi connectivity index (χ0v) is 19.7. The van der Waals surface area contributed by atoms with Crippen molar-refractivity contribution in [2.24, 2.45) is 0 Å². The molecule has 0 saturated carbocycles. The SMILES string of the molecule is C=CC(=O)OCCC(=O)OC(C)OCCOCCOCCOC(C)OC(=O)CCOC(=O)C=C. The largest absolute Gasteiger partial charge is 0.462 e. The number of hydrogen-bond acceptors (Lipinski definition) is 12. The fraction of sp³-hybridized carbons (Fsp3) is 0.636. The van der Waals surface area contributed by atoms with Gasteiger partial charge in [-0.25, -0.2) is 9.59 Å². The highest BCUT2D eigenvalue weighted by Crippen LogP contribution is 1.99. The molecule has 12 nitrogen and oxygen atoms in total. The van der Waals surface area contributed by atoms with Gasteiger partial charge in [-0.2, -0.15) is 0 Å². The first-order chi connectivity index (χ1) is 16.3. The lowest BCUT2D eigenvalue weighted by molar-refractivity contribution is -0.180. The van der Waals surface area contributed by atoms with Gasteiger partial charge in [0.25, 0.3) is 0 Å². The monoisotopic (exact) mass is 490 g/mol. The lowest BCUT2D eigenvalue weighted by Gasteiger charge is -2.15. The molecular weight excluding hydrogens is 456 g/mol. The first kappa shape index (κ1) is 31.2. The maximum Gasteiger partial charge on any atom is 0.330 e. The van der Waals surface area contributed by atoms with Crippen LogP contribution >= 0.6 is 0 Å². The van der Waals surface area contributed by atoms with Gasteiger partial charge in [0.1, 0.15) is 13.2 Å². The molecule has 34 heavy (non-hydrogen) atoms. The minimum absolute atomic E-state index is 0.0841. The molecule has 0 aliphatic rings. The zero-order chi connectivity index (χ0) is 25.6. The lowest BCUT2D eigenvalue weighted by atomic mass is 10.4. The minimum atomic E-state index is -0.766. The third kappa shape index (κ3) is 19.9. The molecule has 194 valence electrons. The Morgan fingerprint density at radius 1 is 0.618 bits per heavy atom. The number of rotatable bonds is 21. The second-order valence-electron chi connectivity index (χ2n) is 6.32. The van der Waals surface area contributed by atoms with E-state index in [2.05, 4.69) is 22.6 Å². The standard InChI is InChI=1S/C22H34O12/c1-5-19(23)31-9-7-21(25)33-17(3)29-15-13-27-11-12-28-14-16-30-18(4)34-22(26)8-10-32-20(24)6-2/h5-6,17-18H,1-2,7-16H2,3-4H3. The van der Waals surface area contributed by atoms with E-state index in [1.807, 2.05) is 0 Å². The molecule has 0 aliphatic carbocycles. The molecule has 0 fully saturated rings. The Balaban J connectivity index is 3.52. The summed E-state index contributed by atoms with van der Waals surface area (Å²) < 4.78 is 40.6. The molecule has 0 spiro atoms. The van der Waals surface area contributed by atoms with Crippen LogP contribution in [0.2, 0.25) is 0 Å². The molecule has 0 heterocycles. The molecule has 2 atom stereocenters. The van der Waals surface area contributed by atoms with E-state index in [9.17, 15) is 19.2 Å². The normalized spacial score (nSPS) is 12.2. The van der Waals surface area contributed by atoms with Crippen LogP contribution in [0.5, 0.6) is 0 Å². The predicted molar refractivity (Wildman–Crippen MR) is 116 cm³/mol. The quantitative estimate of drug-likeness (QED) is 0.0746. The summed E-state index contributed by atoms with van der Waals surface area (Å²) in [5.41, 5.74) is 0. The second-order valence-corrected chi connectivity index (χ2v) is 6.32. The van der Waals surface area contributed by atoms with E-state index in [0.29, 0.717) is 13.2 Å². The summed E-state index contributed by atoms with van der Waals surface area (Å²) >= 11 is 0. The van der Waals surface area contributed by atoms with Crippen molar-refractivity contribution in [1.29, 1.82) is 0 Å². The van der Waals surface area contributed by atoms with E-state index in [0.717, 1.165) is 12.2 Å². The minimum Gasteiger partial charge on any atom is -0.462 e. The van der Waals surface area contributed by atoms with Crippen LogP contribution in [0, 0.1) is 0 Å². The highest BCUT2D eigenvalue weighted by molar-refractivity contribution is 5.81. The highest BCUT2D eigenvalue weighted by atomic mass is 16.7. The zero-order valence-electron chi connectivity index (χ0n) is 19.7. The summed E-state index contributed by atoms with van der Waals surface area (Å²) in [6.45, 7) is 11.0. The Labute approximate surface area is 199 Å². The summed E-state index contributed by atoms with van der Waals surface area (Å²) in [7, 11) is 0. The van der Waals surface area contributed by atoms with Crippen LogP contribution in [0.4, 0.5) is 0 Å². The van der Waals surface area contributed by atoms with Gasteiger partial charge in [0.15, 0.2) is 12.6 Å². The lowest BCUT2D eigenvalue weighted by Crippen LogP contribution is -2.22. The Morgan fingerprint density at radius 2 is 0.971 bits per heavy atom. The van der Waals surface area contributed by atoms with Crippen molar-refractivity contribution in [3.05, 3.63) is 25.3 Å². The molecule has 0 rings (SSSR count). The average Bonchev–Trinajstić information content (AvgIpc) is 2.79. The van der Waals surface area contributed by atoms with Gasteiger partial charge in [-0.05, 0) is 13.8 Å². The van der Waals surface area contributed by atoms with E-state index in [4.69, 9.17) is 28.4 Å². The molecule has 0 saturated heterocycles. The molecule has 0 N–H and O–H groups in total. The summed E-state index contributed by atoms with van der Waals surface area (Å²) in [5, 5.41) is 0. The van der Waals surface area contributed by atoms with Crippen molar-refractivity contribution in [1.82, 2.24) is 0 Å². The van der Waals surface area contributed by atoms with Gasteiger partial charge in [-0.15, -0.1) is 0 Å². The van der Waals surface area contributed by atoms with Gasteiger partial charge in [0.05, 0.1) is 52.5 Å². The molecule has 0 radical (unpaired) electrons. The van der Waals surface area contributed by atoms with Crippen LogP contribution in [0.15, 0.2) is 25.3 Å². The Bertz CT molecular complexity index is 579. The van der Waals surface area contributed by atoms with E-state index in [1.54, 1.807) is 13.8 Å². The molecule has 0 aromatic rings. The molecule has 0 amide bonds. The first-order valence-corrected chi connectivity index (χ1v) is 10.6. The molecule has 0 aliphatic heterocycles. The second kappa shape index (κ2) is 20.8. The van der Waals surface area contributed by atoms with Crippen LogP contribution in [-0.4, -0.2) is 89.3 Å². The Kier molecular flexibility index (Phi) is 19.1. The summed E-state index contributed by atoms with van der Waals surface area (Å²) in [6.07, 6.45) is 0.314. The molecule has 2 unspecified atom stereocenters. The molecule has 0 aromatic heterocycles. The number of hydrogen-bond donors (Lipinski definition) is 0. The Morgan fingerprint density at radius 3 is 1.32 bits per heavy atom. The van der Waals surface area contributed by atoms with Gasteiger partial charge in [0, 0.05) is 12.2 Å². The third-order valence-electron chi connectivity index (χ3n) is 3.56. The number of carbonyl (C=O) groups is 4. The van der Waals surface area contributed by atoms with Gasteiger partial charge in [-0.1, -0.05) is 13.2 Å². The predicted octanol–water partition coefficient (Wildman–Crippen LogP) is 1.07. The van der Waals surface area contributed by atoms with Crippen LogP contribution in [0.3, 0.4) is 0 Å². The van der Waals surface area contributed by atoms with Gasteiger partial charge in [0.2, 0.25) is 0 Å². The fourth-order valence-corrected chi connectivity index (χ4v) is 2.01. The average molecular weight is 491 g/mol. The maximum atomic E-state index is 11.5. The number of carbonyl (C=O) groups excluding carboxylic acids is 4. The molecule has 12 heteroatoms. The topological polar surface area (TPSA) is 142 Å². The Hall–Kier alpha value is -2.80. The molecular formula is C22H34O12. The maximum absolute atomic E-state index is 11.5. The van der Waals surface area contributed by atoms with Gasteiger partial charge < -0.3 is 37.9 Å². The third-order valence-corrected chi connectivity index (χ3v) is 3.56. The summed E-state index contributed by atoms with van der Waals surface area (Å²) in [6, 6.07) is 0. The summed E-state index contributed by atoms with van der Waals surface area (Å²) in [5.74, 6) is -2.33. The van der Waals surface area contributed by atoms with Crippen molar-refractivity contribution < 1.29 is 57.1 Å². The fourth-order valence-electron chi connectivity index (χ4n) is 2.01. The molecule has 0 aromatic carbocycles. The van der Waals surface area contributed by atoms with Crippen LogP contribution in [-0.2, 0) is 57.1 Å². The number of ether oxygens (including phenoxy) is 8.